The number of thioether (sulfide) groups is 1. The Balaban J connectivity index is 1.59. The number of ether oxygens (including phenoxy) is 1. The molecule has 0 saturated heterocycles. The minimum Gasteiger partial charge on any atom is -0.497 e. The number of anilines is 1. The molecule has 3 aromatic carbocycles. The van der Waals surface area contributed by atoms with E-state index in [1.807, 2.05) is 49.4 Å². The number of nitrogens with one attached hydrogen (secondary N) is 1. The topological polar surface area (TPSA) is 63.1 Å². The molecule has 34 heavy (non-hydrogen) atoms. The van der Waals surface area contributed by atoms with Gasteiger partial charge >= 0.3 is 0 Å². The molecule has 0 spiro atoms. The molecule has 0 unspecified atom stereocenters. The van der Waals surface area contributed by atoms with Crippen LogP contribution < -0.4 is 10.1 Å². The third kappa shape index (κ3) is 5.57. The Bertz CT molecular complexity index is 1310. The fraction of sp³-hybridized carbons (Fsp3) is 0.250. The Morgan fingerprint density at radius 3 is 2.32 bits per heavy atom. The van der Waals surface area contributed by atoms with Gasteiger partial charge in [-0.05, 0) is 86.3 Å². The molecule has 0 radical (unpaired) electrons. The third-order valence-corrected chi connectivity index (χ3v) is 6.95. The Kier molecular flexibility index (Phi) is 7.17. The predicted octanol–water partition coefficient (Wildman–Crippen LogP) is 6.86. The van der Waals surface area contributed by atoms with Gasteiger partial charge in [-0.2, -0.15) is 0 Å². The maximum absolute atomic E-state index is 12.7. The van der Waals surface area contributed by atoms with Gasteiger partial charge in [-0.1, -0.05) is 18.2 Å². The fourth-order valence-electron chi connectivity index (χ4n) is 3.68. The van der Waals surface area contributed by atoms with E-state index in [1.54, 1.807) is 7.11 Å². The number of aryl methyl sites for hydroxylation is 4. The molecule has 5 nitrogen and oxygen atoms in total. The molecule has 1 aliphatic heterocycles. The monoisotopic (exact) mass is 471 g/mol. The SMILES string of the molecule is COc1cccc(C2=Nc3cc(C)c(C)cc3N=C(SCC(=O)Nc3ccc(C)c(C)c3)C2)c1. The van der Waals surface area contributed by atoms with Gasteiger partial charge in [0.1, 0.15) is 5.75 Å². The van der Waals surface area contributed by atoms with Gasteiger partial charge in [0.2, 0.25) is 5.91 Å². The molecular weight excluding hydrogens is 442 g/mol. The number of rotatable bonds is 5. The number of amides is 1. The maximum atomic E-state index is 12.7. The summed E-state index contributed by atoms with van der Waals surface area (Å²) in [4.78, 5) is 22.6. The molecule has 1 aliphatic rings. The lowest BCUT2D eigenvalue weighted by molar-refractivity contribution is -0.113. The first-order chi connectivity index (χ1) is 16.3. The van der Waals surface area contributed by atoms with E-state index in [4.69, 9.17) is 14.7 Å². The summed E-state index contributed by atoms with van der Waals surface area (Å²) in [6.07, 6.45) is 0.543. The molecule has 0 bridgehead atoms. The van der Waals surface area contributed by atoms with Crippen molar-refractivity contribution in [3.8, 4) is 5.75 Å². The number of hydrogen-bond donors (Lipinski definition) is 1. The number of hydrogen-bond acceptors (Lipinski definition) is 5. The third-order valence-electron chi connectivity index (χ3n) is 5.97. The van der Waals surface area contributed by atoms with Gasteiger partial charge in [-0.3, -0.25) is 9.79 Å². The van der Waals surface area contributed by atoms with Crippen LogP contribution >= 0.6 is 11.8 Å². The minimum absolute atomic E-state index is 0.0552. The maximum Gasteiger partial charge on any atom is 0.234 e. The number of carbonyl (C=O) groups excluding carboxylic acids is 1. The van der Waals surface area contributed by atoms with E-state index < -0.39 is 0 Å². The summed E-state index contributed by atoms with van der Waals surface area (Å²) in [5, 5.41) is 3.86. The molecular formula is C28H29N3O2S. The summed E-state index contributed by atoms with van der Waals surface area (Å²) >= 11 is 1.45. The number of fused-ring (bicyclic) bond motifs is 1. The number of benzene rings is 3. The van der Waals surface area contributed by atoms with Crippen molar-refractivity contribution < 1.29 is 9.53 Å². The second-order valence-electron chi connectivity index (χ2n) is 8.53. The zero-order chi connectivity index (χ0) is 24.2. The zero-order valence-electron chi connectivity index (χ0n) is 20.2. The fourth-order valence-corrected chi connectivity index (χ4v) is 4.46. The molecule has 4 rings (SSSR count). The summed E-state index contributed by atoms with van der Waals surface area (Å²) < 4.78 is 5.42. The zero-order valence-corrected chi connectivity index (χ0v) is 21.0. The normalized spacial score (nSPS) is 12.9. The quantitative estimate of drug-likeness (QED) is 0.442. The van der Waals surface area contributed by atoms with Crippen LogP contribution in [-0.4, -0.2) is 29.5 Å². The van der Waals surface area contributed by atoms with Crippen molar-refractivity contribution in [1.82, 2.24) is 0 Å². The number of nitrogens with zero attached hydrogens (tertiary/aromatic N) is 2. The molecule has 3 aromatic rings. The second-order valence-corrected chi connectivity index (χ2v) is 9.58. The van der Waals surface area contributed by atoms with Crippen LogP contribution in [0, 0.1) is 27.7 Å². The summed E-state index contributed by atoms with van der Waals surface area (Å²) in [6.45, 7) is 8.26. The Morgan fingerprint density at radius 2 is 1.62 bits per heavy atom. The molecule has 0 aliphatic carbocycles. The molecule has 1 heterocycles. The summed E-state index contributed by atoms with van der Waals surface area (Å²) in [7, 11) is 1.66. The molecule has 0 fully saturated rings. The highest BCUT2D eigenvalue weighted by molar-refractivity contribution is 8.14. The van der Waals surface area contributed by atoms with Crippen LogP contribution in [-0.2, 0) is 4.79 Å². The first-order valence-corrected chi connectivity index (χ1v) is 12.2. The standard InChI is InChI=1S/C28H29N3O2S/c1-17-9-10-22(11-18(17)2)29-27(32)16-34-28-15-24(21-7-6-8-23(14-21)33-5)30-25-12-19(3)20(4)13-26(25)31-28/h6-14H,15-16H2,1-5H3,(H,29,32). The van der Waals surface area contributed by atoms with Crippen molar-refractivity contribution in [1.29, 1.82) is 0 Å². The largest absolute Gasteiger partial charge is 0.497 e. The van der Waals surface area contributed by atoms with Crippen LogP contribution in [0.15, 0.2) is 64.6 Å². The first-order valence-electron chi connectivity index (χ1n) is 11.2. The number of carbonyl (C=O) groups is 1. The average Bonchev–Trinajstić information content (AvgIpc) is 2.99. The number of methoxy groups -OCH3 is 1. The van der Waals surface area contributed by atoms with E-state index in [-0.39, 0.29) is 11.7 Å². The average molecular weight is 472 g/mol. The van der Waals surface area contributed by atoms with E-state index in [2.05, 4.69) is 38.2 Å². The highest BCUT2D eigenvalue weighted by Gasteiger charge is 2.18. The molecule has 0 aromatic heterocycles. The smallest absolute Gasteiger partial charge is 0.234 e. The van der Waals surface area contributed by atoms with Crippen LogP contribution in [0.2, 0.25) is 0 Å². The van der Waals surface area contributed by atoms with Crippen LogP contribution in [0.3, 0.4) is 0 Å². The van der Waals surface area contributed by atoms with Gasteiger partial charge in [0.25, 0.3) is 0 Å². The van der Waals surface area contributed by atoms with Gasteiger partial charge in [-0.15, -0.1) is 11.8 Å². The predicted molar refractivity (Wildman–Crippen MR) is 144 cm³/mol. The summed E-state index contributed by atoms with van der Waals surface area (Å²) in [5.41, 5.74) is 9.07. The molecule has 1 N–H and O–H groups in total. The Hall–Kier alpha value is -3.38. The van der Waals surface area contributed by atoms with Crippen LogP contribution in [0.1, 0.15) is 34.2 Å². The highest BCUT2D eigenvalue weighted by atomic mass is 32.2. The van der Waals surface area contributed by atoms with E-state index in [1.165, 1.54) is 28.5 Å². The van der Waals surface area contributed by atoms with Crippen molar-refractivity contribution in [2.24, 2.45) is 9.98 Å². The van der Waals surface area contributed by atoms with Gasteiger partial charge in [0.15, 0.2) is 0 Å². The molecule has 1 amide bonds. The van der Waals surface area contributed by atoms with E-state index >= 15 is 0 Å². The molecule has 174 valence electrons. The van der Waals surface area contributed by atoms with Gasteiger partial charge in [0.05, 0.1) is 35.0 Å². The highest BCUT2D eigenvalue weighted by Crippen LogP contribution is 2.36. The van der Waals surface area contributed by atoms with Gasteiger partial charge in [-0.25, -0.2) is 4.99 Å². The second kappa shape index (κ2) is 10.3. The minimum atomic E-state index is -0.0552. The molecule has 0 saturated carbocycles. The number of aliphatic imine (C=N–C) groups is 2. The summed E-state index contributed by atoms with van der Waals surface area (Å²) in [5.74, 6) is 1.00. The summed E-state index contributed by atoms with van der Waals surface area (Å²) in [6, 6.07) is 18.0. The van der Waals surface area contributed by atoms with Crippen molar-refractivity contribution in [3.05, 3.63) is 82.4 Å². The Labute approximate surface area is 205 Å². The lowest BCUT2D eigenvalue weighted by Crippen LogP contribution is -2.16. The molecule has 6 heteroatoms. The van der Waals surface area contributed by atoms with Crippen molar-refractivity contribution in [3.63, 3.8) is 0 Å². The van der Waals surface area contributed by atoms with E-state index in [0.717, 1.165) is 44.7 Å². The Morgan fingerprint density at radius 1 is 0.912 bits per heavy atom. The van der Waals surface area contributed by atoms with Crippen molar-refractivity contribution in [2.75, 3.05) is 18.2 Å². The van der Waals surface area contributed by atoms with Crippen LogP contribution in [0.4, 0.5) is 17.1 Å². The lowest BCUT2D eigenvalue weighted by atomic mass is 10.1. The van der Waals surface area contributed by atoms with Crippen molar-refractivity contribution >= 4 is 45.5 Å². The molecule has 0 atom stereocenters. The van der Waals surface area contributed by atoms with Crippen molar-refractivity contribution in [2.45, 2.75) is 34.1 Å². The van der Waals surface area contributed by atoms with Gasteiger partial charge < -0.3 is 10.1 Å². The first kappa shape index (κ1) is 23.8. The lowest BCUT2D eigenvalue weighted by Gasteiger charge is -2.10. The van der Waals surface area contributed by atoms with Gasteiger partial charge in [0, 0.05) is 17.7 Å². The van der Waals surface area contributed by atoms with Crippen LogP contribution in [0.25, 0.3) is 0 Å². The van der Waals surface area contributed by atoms with Crippen LogP contribution in [0.5, 0.6) is 5.75 Å². The van der Waals surface area contributed by atoms with E-state index in [9.17, 15) is 4.79 Å². The van der Waals surface area contributed by atoms with E-state index in [0.29, 0.717) is 6.42 Å².